The zero-order chi connectivity index (χ0) is 8.93. The van der Waals surface area contributed by atoms with Crippen molar-refractivity contribution in [2.75, 3.05) is 0 Å². The number of aliphatic hydroxyl groups is 1. The van der Waals surface area contributed by atoms with Gasteiger partial charge >= 0.3 is 0 Å². The summed E-state index contributed by atoms with van der Waals surface area (Å²) in [6.07, 6.45) is 3.38. The Labute approximate surface area is 74.5 Å². The second-order valence-electron chi connectivity index (χ2n) is 4.94. The fourth-order valence-corrected chi connectivity index (χ4v) is 2.61. The monoisotopic (exact) mass is 166 g/mol. The van der Waals surface area contributed by atoms with E-state index >= 15 is 0 Å². The molecule has 4 atom stereocenters. The van der Waals surface area contributed by atoms with Gasteiger partial charge in [0, 0.05) is 0 Å². The Morgan fingerprint density at radius 3 is 2.67 bits per heavy atom. The predicted molar refractivity (Wildman–Crippen MR) is 49.8 cm³/mol. The minimum absolute atomic E-state index is 0.0713. The van der Waals surface area contributed by atoms with Gasteiger partial charge in [-0.1, -0.05) is 19.1 Å². The molecule has 2 aliphatic rings. The molecule has 68 valence electrons. The van der Waals surface area contributed by atoms with Gasteiger partial charge in [-0.15, -0.1) is 0 Å². The molecule has 0 heterocycles. The fourth-order valence-electron chi connectivity index (χ4n) is 2.61. The van der Waals surface area contributed by atoms with Crippen LogP contribution in [0.25, 0.3) is 0 Å². The molecular formula is C11H18O. The van der Waals surface area contributed by atoms with Crippen molar-refractivity contribution in [2.45, 2.75) is 39.2 Å². The van der Waals surface area contributed by atoms with E-state index in [0.717, 1.165) is 12.3 Å². The highest BCUT2D eigenvalue weighted by molar-refractivity contribution is 5.13. The average molecular weight is 166 g/mol. The molecule has 2 fully saturated rings. The van der Waals surface area contributed by atoms with Crippen molar-refractivity contribution in [3.63, 3.8) is 0 Å². The summed E-state index contributed by atoms with van der Waals surface area (Å²) in [7, 11) is 0. The third-order valence-electron chi connectivity index (χ3n) is 3.99. The van der Waals surface area contributed by atoms with Crippen molar-refractivity contribution in [2.24, 2.45) is 17.3 Å². The van der Waals surface area contributed by atoms with Crippen LogP contribution in [0.4, 0.5) is 0 Å². The fraction of sp³-hybridized carbons (Fsp3) is 0.818. The standard InChI is InChI=1S/C11H18O/c1-7(2)8-4-9-6-11(9,3)10(12)5-8/h8-10,12H,1,4-6H2,2-3H3/t8-,9?,10-,11+/m1/s1. The van der Waals surface area contributed by atoms with Crippen LogP contribution >= 0.6 is 0 Å². The van der Waals surface area contributed by atoms with Gasteiger partial charge in [-0.25, -0.2) is 0 Å². The number of aliphatic hydroxyl groups excluding tert-OH is 1. The van der Waals surface area contributed by atoms with Gasteiger partial charge in [0.15, 0.2) is 0 Å². The summed E-state index contributed by atoms with van der Waals surface area (Å²) >= 11 is 0. The highest BCUT2D eigenvalue weighted by Crippen LogP contribution is 2.62. The van der Waals surface area contributed by atoms with Crippen LogP contribution in [0.1, 0.15) is 33.1 Å². The molecule has 0 bridgehead atoms. The molecule has 2 saturated carbocycles. The van der Waals surface area contributed by atoms with Gasteiger partial charge in [0.05, 0.1) is 6.10 Å². The van der Waals surface area contributed by atoms with E-state index in [0.29, 0.717) is 5.92 Å². The van der Waals surface area contributed by atoms with Crippen molar-refractivity contribution in [3.8, 4) is 0 Å². The second kappa shape index (κ2) is 2.35. The Morgan fingerprint density at radius 1 is 1.50 bits per heavy atom. The van der Waals surface area contributed by atoms with E-state index in [9.17, 15) is 5.11 Å². The van der Waals surface area contributed by atoms with Crippen LogP contribution in [-0.2, 0) is 0 Å². The number of hydrogen-bond donors (Lipinski definition) is 1. The smallest absolute Gasteiger partial charge is 0.0602 e. The lowest BCUT2D eigenvalue weighted by Gasteiger charge is -2.31. The van der Waals surface area contributed by atoms with Gasteiger partial charge in [-0.05, 0) is 43.4 Å². The Bertz CT molecular complexity index is 221. The Morgan fingerprint density at radius 2 is 2.17 bits per heavy atom. The zero-order valence-corrected chi connectivity index (χ0v) is 8.01. The van der Waals surface area contributed by atoms with E-state index in [1.54, 1.807) is 0 Å². The summed E-state index contributed by atoms with van der Waals surface area (Å²) in [5.74, 6) is 1.36. The van der Waals surface area contributed by atoms with E-state index in [-0.39, 0.29) is 11.5 Å². The SMILES string of the molecule is C=C(C)[C@@H]1CC2C[C@]2(C)[C@H](O)C1. The molecule has 0 spiro atoms. The van der Waals surface area contributed by atoms with Crippen LogP contribution < -0.4 is 0 Å². The highest BCUT2D eigenvalue weighted by Gasteiger charge is 2.58. The van der Waals surface area contributed by atoms with Crippen LogP contribution in [0.3, 0.4) is 0 Å². The Balaban J connectivity index is 2.06. The molecule has 0 aromatic carbocycles. The molecule has 1 N–H and O–H groups in total. The lowest BCUT2D eigenvalue weighted by Crippen LogP contribution is -2.29. The van der Waals surface area contributed by atoms with Crippen LogP contribution in [0.2, 0.25) is 0 Å². The molecule has 0 amide bonds. The molecule has 12 heavy (non-hydrogen) atoms. The molecule has 1 heteroatoms. The summed E-state index contributed by atoms with van der Waals surface area (Å²) in [4.78, 5) is 0. The average Bonchev–Trinajstić information content (AvgIpc) is 2.62. The Hall–Kier alpha value is -0.300. The van der Waals surface area contributed by atoms with Crippen LogP contribution in [0.5, 0.6) is 0 Å². The molecular weight excluding hydrogens is 148 g/mol. The molecule has 0 saturated heterocycles. The topological polar surface area (TPSA) is 20.2 Å². The summed E-state index contributed by atoms with van der Waals surface area (Å²) in [6.45, 7) is 8.28. The van der Waals surface area contributed by atoms with Gasteiger partial charge in [0.1, 0.15) is 0 Å². The van der Waals surface area contributed by atoms with Crippen molar-refractivity contribution in [1.29, 1.82) is 0 Å². The zero-order valence-electron chi connectivity index (χ0n) is 8.01. The minimum Gasteiger partial charge on any atom is -0.393 e. The van der Waals surface area contributed by atoms with Gasteiger partial charge in [-0.2, -0.15) is 0 Å². The first-order valence-electron chi connectivity index (χ1n) is 4.87. The maximum atomic E-state index is 9.86. The predicted octanol–water partition coefficient (Wildman–Crippen LogP) is 2.36. The molecule has 0 aliphatic heterocycles. The summed E-state index contributed by atoms with van der Waals surface area (Å²) < 4.78 is 0. The van der Waals surface area contributed by atoms with Crippen LogP contribution in [-0.4, -0.2) is 11.2 Å². The molecule has 1 nitrogen and oxygen atoms in total. The maximum absolute atomic E-state index is 9.86. The number of rotatable bonds is 1. The maximum Gasteiger partial charge on any atom is 0.0602 e. The number of fused-ring (bicyclic) bond motifs is 1. The molecule has 2 aliphatic carbocycles. The van der Waals surface area contributed by atoms with E-state index < -0.39 is 0 Å². The van der Waals surface area contributed by atoms with Gasteiger partial charge in [0.25, 0.3) is 0 Å². The number of hydrogen-bond acceptors (Lipinski definition) is 1. The first-order valence-corrected chi connectivity index (χ1v) is 4.87. The van der Waals surface area contributed by atoms with Gasteiger partial charge in [-0.3, -0.25) is 0 Å². The number of allylic oxidation sites excluding steroid dienone is 1. The second-order valence-corrected chi connectivity index (χ2v) is 4.94. The molecule has 0 radical (unpaired) electrons. The van der Waals surface area contributed by atoms with Crippen LogP contribution in [0, 0.1) is 17.3 Å². The molecule has 0 aromatic rings. The third-order valence-corrected chi connectivity index (χ3v) is 3.99. The normalized spacial score (nSPS) is 51.4. The highest BCUT2D eigenvalue weighted by atomic mass is 16.3. The largest absolute Gasteiger partial charge is 0.393 e. The summed E-state index contributed by atoms with van der Waals surface area (Å²) in [5.41, 5.74) is 1.54. The quantitative estimate of drug-likeness (QED) is 0.593. The van der Waals surface area contributed by atoms with Crippen LogP contribution in [0.15, 0.2) is 12.2 Å². The Kier molecular flexibility index (Phi) is 1.63. The lowest BCUT2D eigenvalue weighted by molar-refractivity contribution is 0.0485. The van der Waals surface area contributed by atoms with Gasteiger partial charge < -0.3 is 5.11 Å². The van der Waals surface area contributed by atoms with E-state index in [1.165, 1.54) is 18.4 Å². The summed E-state index contributed by atoms with van der Waals surface area (Å²) in [5, 5.41) is 9.86. The summed E-state index contributed by atoms with van der Waals surface area (Å²) in [6, 6.07) is 0. The van der Waals surface area contributed by atoms with Gasteiger partial charge in [0.2, 0.25) is 0 Å². The van der Waals surface area contributed by atoms with Crippen molar-refractivity contribution in [1.82, 2.24) is 0 Å². The molecule has 1 unspecified atom stereocenters. The van der Waals surface area contributed by atoms with Crippen molar-refractivity contribution < 1.29 is 5.11 Å². The molecule has 2 rings (SSSR count). The van der Waals surface area contributed by atoms with Crippen molar-refractivity contribution in [3.05, 3.63) is 12.2 Å². The minimum atomic E-state index is -0.0713. The third kappa shape index (κ3) is 1.03. The van der Waals surface area contributed by atoms with E-state index in [2.05, 4.69) is 20.4 Å². The first-order chi connectivity index (χ1) is 5.54. The van der Waals surface area contributed by atoms with E-state index in [1.807, 2.05) is 0 Å². The van der Waals surface area contributed by atoms with Crippen molar-refractivity contribution >= 4 is 0 Å². The molecule has 0 aromatic heterocycles. The van der Waals surface area contributed by atoms with E-state index in [4.69, 9.17) is 0 Å². The lowest BCUT2D eigenvalue weighted by atomic mass is 9.78. The first kappa shape index (κ1) is 8.31.